The molecule has 1 saturated heterocycles. The summed E-state index contributed by atoms with van der Waals surface area (Å²) in [7, 11) is 0. The summed E-state index contributed by atoms with van der Waals surface area (Å²) >= 11 is 12.0. The molecule has 1 aromatic carbocycles. The summed E-state index contributed by atoms with van der Waals surface area (Å²) in [5, 5.41) is 8.52. The number of anilines is 1. The average molecular weight is 549 g/mol. The quantitative estimate of drug-likeness (QED) is 0.376. The first-order valence-electron chi connectivity index (χ1n) is 11.3. The number of rotatable bonds is 5. The Balaban J connectivity index is 0.00000304. The molecule has 36 heavy (non-hydrogen) atoms. The van der Waals surface area contributed by atoms with Crippen LogP contribution in [0.3, 0.4) is 0 Å². The van der Waals surface area contributed by atoms with Crippen LogP contribution in [-0.2, 0) is 6.54 Å². The maximum absolute atomic E-state index is 12.9. The van der Waals surface area contributed by atoms with Crippen molar-refractivity contribution in [3.63, 3.8) is 0 Å². The van der Waals surface area contributed by atoms with E-state index in [0.29, 0.717) is 65.2 Å². The second-order valence-corrected chi connectivity index (χ2v) is 9.35. The SMILES string of the molecule is Cc1cccnc1C(=O)N1CCC(n2ncc3nc(NCc4ccc(Cl)c(Cl)c4)[nH]c(=O)c32)CC1.Cl. The van der Waals surface area contributed by atoms with Crippen LogP contribution in [0, 0.1) is 6.92 Å². The number of amides is 1. The number of nitrogens with zero attached hydrogens (tertiary/aromatic N) is 5. The lowest BCUT2D eigenvalue weighted by Crippen LogP contribution is -2.40. The summed E-state index contributed by atoms with van der Waals surface area (Å²) in [6, 6.07) is 9.04. The number of hydrogen-bond acceptors (Lipinski definition) is 6. The van der Waals surface area contributed by atoms with Crippen LogP contribution in [0.1, 0.15) is 40.5 Å². The highest BCUT2D eigenvalue weighted by molar-refractivity contribution is 6.42. The molecule has 188 valence electrons. The van der Waals surface area contributed by atoms with Gasteiger partial charge in [-0.25, -0.2) is 4.98 Å². The van der Waals surface area contributed by atoms with Crippen molar-refractivity contribution < 1.29 is 4.79 Å². The maximum atomic E-state index is 12.9. The molecule has 1 aliphatic rings. The molecular formula is C24H24Cl3N7O2. The van der Waals surface area contributed by atoms with Crippen molar-refractivity contribution in [2.75, 3.05) is 18.4 Å². The molecule has 0 atom stereocenters. The van der Waals surface area contributed by atoms with Gasteiger partial charge in [-0.1, -0.05) is 35.3 Å². The number of aromatic amines is 1. The molecule has 1 amide bonds. The van der Waals surface area contributed by atoms with E-state index in [1.807, 2.05) is 30.0 Å². The Morgan fingerprint density at radius 3 is 2.69 bits per heavy atom. The van der Waals surface area contributed by atoms with E-state index in [0.717, 1.165) is 11.1 Å². The number of carbonyl (C=O) groups is 1. The first-order valence-corrected chi connectivity index (χ1v) is 12.0. The Hall–Kier alpha value is -3.14. The van der Waals surface area contributed by atoms with Gasteiger partial charge in [0.1, 0.15) is 11.2 Å². The van der Waals surface area contributed by atoms with Crippen molar-refractivity contribution >= 4 is 58.5 Å². The van der Waals surface area contributed by atoms with Crippen molar-refractivity contribution in [3.8, 4) is 0 Å². The minimum absolute atomic E-state index is 0. The summed E-state index contributed by atoms with van der Waals surface area (Å²) in [6.45, 7) is 3.43. The van der Waals surface area contributed by atoms with Crippen LogP contribution in [0.15, 0.2) is 47.5 Å². The monoisotopic (exact) mass is 547 g/mol. The van der Waals surface area contributed by atoms with E-state index in [-0.39, 0.29) is 29.9 Å². The highest BCUT2D eigenvalue weighted by Gasteiger charge is 2.28. The molecule has 4 heterocycles. The van der Waals surface area contributed by atoms with Crippen molar-refractivity contribution in [2.24, 2.45) is 0 Å². The van der Waals surface area contributed by atoms with Crippen molar-refractivity contribution in [1.82, 2.24) is 29.6 Å². The molecule has 9 nitrogen and oxygen atoms in total. The van der Waals surface area contributed by atoms with Gasteiger partial charge in [0.2, 0.25) is 5.95 Å². The first kappa shape index (κ1) is 25.9. The van der Waals surface area contributed by atoms with Gasteiger partial charge < -0.3 is 10.2 Å². The van der Waals surface area contributed by atoms with E-state index in [1.165, 1.54) is 0 Å². The zero-order valence-electron chi connectivity index (χ0n) is 19.4. The predicted octanol–water partition coefficient (Wildman–Crippen LogP) is 4.64. The topological polar surface area (TPSA) is 109 Å². The van der Waals surface area contributed by atoms with Gasteiger partial charge in [0.05, 0.1) is 22.3 Å². The molecule has 2 N–H and O–H groups in total. The van der Waals surface area contributed by atoms with E-state index in [2.05, 4.69) is 25.4 Å². The standard InChI is InChI=1S/C24H23Cl2N7O2.ClH/c1-14-3-2-8-27-20(14)23(35)32-9-6-16(7-10-32)33-21-19(13-29-33)30-24(31-22(21)34)28-12-15-4-5-17(25)18(26)11-15;/h2-5,8,11,13,16H,6-7,9-10,12H2,1H3,(H2,28,30,31,34);1H. The number of pyridine rings is 1. The van der Waals surface area contributed by atoms with Crippen LogP contribution >= 0.6 is 35.6 Å². The third-order valence-corrected chi connectivity index (χ3v) is 6.95. The molecular weight excluding hydrogens is 525 g/mol. The molecule has 3 aromatic heterocycles. The summed E-state index contributed by atoms with van der Waals surface area (Å²) in [5.74, 6) is 0.281. The fourth-order valence-corrected chi connectivity index (χ4v) is 4.66. The van der Waals surface area contributed by atoms with Crippen LogP contribution in [-0.4, -0.2) is 48.6 Å². The lowest BCUT2D eigenvalue weighted by molar-refractivity contribution is 0.0685. The van der Waals surface area contributed by atoms with Crippen molar-refractivity contribution in [3.05, 3.63) is 79.9 Å². The molecule has 0 spiro atoms. The van der Waals surface area contributed by atoms with Crippen molar-refractivity contribution in [2.45, 2.75) is 32.4 Å². The molecule has 4 aromatic rings. The Labute approximate surface area is 223 Å². The molecule has 5 rings (SSSR count). The average Bonchev–Trinajstić information content (AvgIpc) is 3.29. The zero-order valence-corrected chi connectivity index (χ0v) is 21.7. The predicted molar refractivity (Wildman–Crippen MR) is 142 cm³/mol. The second kappa shape index (κ2) is 10.9. The first-order chi connectivity index (χ1) is 16.9. The largest absolute Gasteiger partial charge is 0.352 e. The molecule has 12 heteroatoms. The number of aryl methyl sites for hydroxylation is 1. The van der Waals surface area contributed by atoms with E-state index in [1.54, 1.807) is 29.2 Å². The summed E-state index contributed by atoms with van der Waals surface area (Å²) in [4.78, 5) is 39.2. The molecule has 0 bridgehead atoms. The van der Waals surface area contributed by atoms with E-state index in [9.17, 15) is 9.59 Å². The second-order valence-electron chi connectivity index (χ2n) is 8.53. The molecule has 1 aliphatic heterocycles. The molecule has 0 saturated carbocycles. The Kier molecular flexibility index (Phi) is 7.82. The van der Waals surface area contributed by atoms with Crippen LogP contribution in [0.25, 0.3) is 11.0 Å². The Morgan fingerprint density at radius 1 is 1.19 bits per heavy atom. The lowest BCUT2D eigenvalue weighted by Gasteiger charge is -2.32. The summed E-state index contributed by atoms with van der Waals surface area (Å²) < 4.78 is 1.73. The van der Waals surface area contributed by atoms with Crippen molar-refractivity contribution in [1.29, 1.82) is 0 Å². The molecule has 0 radical (unpaired) electrons. The smallest absolute Gasteiger partial charge is 0.278 e. The number of fused-ring (bicyclic) bond motifs is 1. The van der Waals surface area contributed by atoms with Gasteiger partial charge in [0.25, 0.3) is 11.5 Å². The van der Waals surface area contributed by atoms with Gasteiger partial charge >= 0.3 is 0 Å². The van der Waals surface area contributed by atoms with Crippen LogP contribution in [0.5, 0.6) is 0 Å². The summed E-state index contributed by atoms with van der Waals surface area (Å²) in [5.41, 5.74) is 2.91. The number of aromatic nitrogens is 5. The maximum Gasteiger partial charge on any atom is 0.278 e. The summed E-state index contributed by atoms with van der Waals surface area (Å²) in [6.07, 6.45) is 4.61. The molecule has 0 unspecified atom stereocenters. The van der Waals surface area contributed by atoms with Gasteiger partial charge in [0, 0.05) is 25.8 Å². The van der Waals surface area contributed by atoms with Gasteiger partial charge in [-0.2, -0.15) is 5.10 Å². The van der Waals surface area contributed by atoms with E-state index >= 15 is 0 Å². The minimum atomic E-state index is -0.272. The normalized spacial score (nSPS) is 14.0. The number of halogens is 3. The number of benzene rings is 1. The third-order valence-electron chi connectivity index (χ3n) is 6.21. The minimum Gasteiger partial charge on any atom is -0.352 e. The van der Waals surface area contributed by atoms with E-state index in [4.69, 9.17) is 23.2 Å². The number of nitrogens with one attached hydrogen (secondary N) is 2. The highest BCUT2D eigenvalue weighted by atomic mass is 35.5. The fraction of sp³-hybridized carbons (Fsp3) is 0.292. The van der Waals surface area contributed by atoms with E-state index < -0.39 is 0 Å². The van der Waals surface area contributed by atoms with Crippen LogP contribution in [0.2, 0.25) is 10.0 Å². The van der Waals surface area contributed by atoms with Gasteiger partial charge in [-0.15, -0.1) is 12.4 Å². The zero-order chi connectivity index (χ0) is 24.5. The number of likely N-dealkylation sites (tertiary alicyclic amines) is 1. The lowest BCUT2D eigenvalue weighted by atomic mass is 10.0. The Bertz CT molecular complexity index is 1460. The number of piperidine rings is 1. The Morgan fingerprint density at radius 2 is 1.97 bits per heavy atom. The number of carbonyl (C=O) groups excluding carboxylic acids is 1. The van der Waals surface area contributed by atoms with Crippen LogP contribution in [0.4, 0.5) is 5.95 Å². The molecule has 1 fully saturated rings. The van der Waals surface area contributed by atoms with Crippen LogP contribution < -0.4 is 10.9 Å². The number of H-pyrrole nitrogens is 1. The third kappa shape index (κ3) is 5.18. The fourth-order valence-electron chi connectivity index (χ4n) is 4.34. The molecule has 0 aliphatic carbocycles. The van der Waals surface area contributed by atoms with Gasteiger partial charge in [-0.3, -0.25) is 24.2 Å². The van der Waals surface area contributed by atoms with Gasteiger partial charge in [0.15, 0.2) is 5.52 Å². The number of hydrogen-bond donors (Lipinski definition) is 2. The van der Waals surface area contributed by atoms with Gasteiger partial charge in [-0.05, 0) is 49.1 Å². The highest BCUT2D eigenvalue weighted by Crippen LogP contribution is 2.26.